The summed E-state index contributed by atoms with van der Waals surface area (Å²) >= 11 is 0. The highest BCUT2D eigenvalue weighted by atomic mass is 16.2. The molecule has 0 radical (unpaired) electrons. The largest absolute Gasteiger partial charge is 0.366 e. The molecule has 274 valence electrons. The molecular weight excluding hydrogens is 676 g/mol. The SMILES string of the molecule is CCn1nc(C)c2c1C(=O)Nc1nc3cc(C(N)=O)ccc3n1CCCCC1c3ccc(C(N)=O)cc3N=[N+]1NC(=O)c1cc(C)nn1CCCCC2. The highest BCUT2D eigenvalue weighted by Crippen LogP contribution is 2.38. The number of benzene rings is 2. The van der Waals surface area contributed by atoms with Crippen LogP contribution in [0.1, 0.15) is 116 Å². The van der Waals surface area contributed by atoms with Gasteiger partial charge in [-0.15, -0.1) is 0 Å². The summed E-state index contributed by atoms with van der Waals surface area (Å²) in [6, 6.07) is 11.7. The molecule has 16 heteroatoms. The van der Waals surface area contributed by atoms with Crippen LogP contribution in [-0.4, -0.2) is 57.5 Å². The van der Waals surface area contributed by atoms with Crippen molar-refractivity contribution < 1.29 is 24.0 Å². The molecule has 0 bridgehead atoms. The van der Waals surface area contributed by atoms with Gasteiger partial charge in [-0.3, -0.25) is 33.9 Å². The van der Waals surface area contributed by atoms with Gasteiger partial charge in [-0.2, -0.15) is 10.2 Å². The molecule has 3 aromatic heterocycles. The maximum Gasteiger partial charge on any atom is 0.325 e. The number of primary amides is 2. The molecule has 5 aromatic rings. The molecule has 0 aliphatic carbocycles. The second-order valence-corrected chi connectivity index (χ2v) is 13.6. The average Bonchev–Trinajstić information content (AvgIpc) is 3.86. The second kappa shape index (κ2) is 14.4. The number of imidazole rings is 1. The number of anilines is 1. The fraction of sp³-hybridized carbons (Fsp3) is 0.378. The molecule has 0 saturated heterocycles. The zero-order valence-electron chi connectivity index (χ0n) is 30.1. The summed E-state index contributed by atoms with van der Waals surface area (Å²) in [4.78, 5) is 58.2. The van der Waals surface area contributed by atoms with E-state index >= 15 is 0 Å². The van der Waals surface area contributed by atoms with Gasteiger partial charge in [-0.25, -0.2) is 4.98 Å². The van der Waals surface area contributed by atoms with E-state index in [1.807, 2.05) is 31.4 Å². The molecule has 0 spiro atoms. The molecule has 4 amide bonds. The Bertz CT molecular complexity index is 2310. The van der Waals surface area contributed by atoms with Crippen molar-refractivity contribution in [3.8, 4) is 0 Å². The van der Waals surface area contributed by atoms with Crippen molar-refractivity contribution in [3.05, 3.63) is 87.5 Å². The molecule has 2 aliphatic heterocycles. The van der Waals surface area contributed by atoms with Gasteiger partial charge < -0.3 is 16.0 Å². The number of rotatable bonds is 3. The summed E-state index contributed by atoms with van der Waals surface area (Å²) in [5.74, 6) is -1.43. The molecule has 2 aliphatic rings. The number of nitrogens with one attached hydrogen (secondary N) is 2. The Kier molecular flexibility index (Phi) is 9.60. The Balaban J connectivity index is 1.25. The third-order valence-corrected chi connectivity index (χ3v) is 9.97. The first-order chi connectivity index (χ1) is 25.5. The fourth-order valence-electron chi connectivity index (χ4n) is 7.34. The first-order valence-electron chi connectivity index (χ1n) is 18.0. The van der Waals surface area contributed by atoms with Gasteiger partial charge in [0.1, 0.15) is 17.1 Å². The number of hydrazine groups is 1. The Morgan fingerprint density at radius 3 is 2.43 bits per heavy atom. The van der Waals surface area contributed by atoms with Crippen molar-refractivity contribution in [2.75, 3.05) is 5.32 Å². The third-order valence-electron chi connectivity index (χ3n) is 9.97. The molecule has 16 nitrogen and oxygen atoms in total. The number of azo groups is 1. The van der Waals surface area contributed by atoms with Crippen molar-refractivity contribution in [3.63, 3.8) is 0 Å². The molecule has 6 N–H and O–H groups in total. The molecule has 7 rings (SSSR count). The van der Waals surface area contributed by atoms with Gasteiger partial charge in [-0.05, 0) is 95.3 Å². The standard InChI is InChI=1S/C37H42N12O4/c1-4-47-32-25(22(3)43-47)10-6-5-8-17-48-31(18-21(2)42-48)35(52)45-49-29(26-14-12-23(33(38)50)19-27(26)44-49)11-7-9-16-46-30-15-13-24(34(39)51)20-28(30)40-37(46)41-36(32)53/h12-15,18-20,29H,4-11,16-17H2,1-3H3,(H5-,38,39,40,41,44,45,50,51,52,53)/p+1. The average molecular weight is 720 g/mol. The van der Waals surface area contributed by atoms with Gasteiger partial charge in [0.2, 0.25) is 23.8 Å². The van der Waals surface area contributed by atoms with Crippen LogP contribution in [-0.2, 0) is 26.1 Å². The van der Waals surface area contributed by atoms with Crippen LogP contribution in [0.2, 0.25) is 0 Å². The Morgan fingerprint density at radius 1 is 0.906 bits per heavy atom. The van der Waals surface area contributed by atoms with E-state index in [1.54, 1.807) is 50.6 Å². The Hall–Kier alpha value is -6.19. The molecule has 2 aromatic carbocycles. The maximum absolute atomic E-state index is 14.1. The monoisotopic (exact) mass is 719 g/mol. The smallest absolute Gasteiger partial charge is 0.325 e. The number of carbonyl (C=O) groups is 4. The summed E-state index contributed by atoms with van der Waals surface area (Å²) in [7, 11) is 0. The minimum atomic E-state index is -0.569. The lowest BCUT2D eigenvalue weighted by atomic mass is 9.99. The van der Waals surface area contributed by atoms with Crippen molar-refractivity contribution in [1.82, 2.24) is 34.5 Å². The minimum Gasteiger partial charge on any atom is -0.366 e. The van der Waals surface area contributed by atoms with Crippen LogP contribution >= 0.6 is 0 Å². The first-order valence-corrected chi connectivity index (χ1v) is 18.0. The minimum absolute atomic E-state index is 0.309. The lowest BCUT2D eigenvalue weighted by Gasteiger charge is -2.13. The van der Waals surface area contributed by atoms with E-state index in [-0.39, 0.29) is 17.9 Å². The number of hydrogen-bond donors (Lipinski definition) is 4. The van der Waals surface area contributed by atoms with Crippen LogP contribution in [0.4, 0.5) is 11.6 Å². The molecule has 53 heavy (non-hydrogen) atoms. The number of nitrogens with two attached hydrogens (primary N) is 2. The van der Waals surface area contributed by atoms with E-state index in [4.69, 9.17) is 21.6 Å². The quantitative estimate of drug-likeness (QED) is 0.194. The highest BCUT2D eigenvalue weighted by Gasteiger charge is 2.37. The van der Waals surface area contributed by atoms with Crippen LogP contribution in [0.5, 0.6) is 0 Å². The second-order valence-electron chi connectivity index (χ2n) is 13.6. The molecule has 5 heterocycles. The van der Waals surface area contributed by atoms with E-state index < -0.39 is 11.8 Å². The Morgan fingerprint density at radius 2 is 1.66 bits per heavy atom. The van der Waals surface area contributed by atoms with Gasteiger partial charge in [0.05, 0.1) is 28.0 Å². The number of carbonyl (C=O) groups excluding carboxylic acids is 4. The first kappa shape index (κ1) is 35.2. The third kappa shape index (κ3) is 6.91. The van der Waals surface area contributed by atoms with Gasteiger partial charge in [-0.1, -0.05) is 11.8 Å². The fourth-order valence-corrected chi connectivity index (χ4v) is 7.34. The molecular formula is C37H43N12O4+. The van der Waals surface area contributed by atoms with Crippen LogP contribution < -0.4 is 22.2 Å². The number of fused-ring (bicyclic) bond motifs is 8. The highest BCUT2D eigenvalue weighted by molar-refractivity contribution is 6.04. The topological polar surface area (TPSA) is 213 Å². The number of amides is 4. The molecule has 0 fully saturated rings. The van der Waals surface area contributed by atoms with Gasteiger partial charge in [0.25, 0.3) is 5.91 Å². The summed E-state index contributed by atoms with van der Waals surface area (Å²) in [6.07, 6.45) is 5.00. The molecule has 1 unspecified atom stereocenters. The normalized spacial score (nSPS) is 17.0. The van der Waals surface area contributed by atoms with Crippen molar-refractivity contribution >= 4 is 46.3 Å². The van der Waals surface area contributed by atoms with Gasteiger partial charge in [0.15, 0.2) is 0 Å². The van der Waals surface area contributed by atoms with E-state index in [9.17, 15) is 19.2 Å². The van der Waals surface area contributed by atoms with E-state index in [1.165, 1.54) is 0 Å². The zero-order valence-corrected chi connectivity index (χ0v) is 30.1. The lowest BCUT2D eigenvalue weighted by molar-refractivity contribution is -0.665. The number of hydrogen-bond acceptors (Lipinski definition) is 8. The summed E-state index contributed by atoms with van der Waals surface area (Å²) in [5, 5.41) is 17.1. The van der Waals surface area contributed by atoms with E-state index in [0.29, 0.717) is 85.0 Å². The number of aryl methyl sites for hydroxylation is 5. The van der Waals surface area contributed by atoms with Crippen molar-refractivity contribution in [2.24, 2.45) is 16.6 Å². The zero-order chi connectivity index (χ0) is 37.4. The summed E-state index contributed by atoms with van der Waals surface area (Å²) in [5.41, 5.74) is 20.8. The summed E-state index contributed by atoms with van der Waals surface area (Å²) < 4.78 is 5.40. The van der Waals surface area contributed by atoms with Crippen LogP contribution in [0.3, 0.4) is 0 Å². The lowest BCUT2D eigenvalue weighted by Crippen LogP contribution is -2.36. The predicted octanol–water partition coefficient (Wildman–Crippen LogP) is 4.61. The van der Waals surface area contributed by atoms with Crippen LogP contribution in [0.15, 0.2) is 47.6 Å². The molecule has 1 atom stereocenters. The predicted molar refractivity (Wildman–Crippen MR) is 195 cm³/mol. The molecule has 0 saturated carbocycles. The number of nitrogens with zero attached hydrogens (tertiary/aromatic N) is 8. The van der Waals surface area contributed by atoms with Crippen molar-refractivity contribution in [1.29, 1.82) is 0 Å². The van der Waals surface area contributed by atoms with Crippen molar-refractivity contribution in [2.45, 2.75) is 91.4 Å². The van der Waals surface area contributed by atoms with Gasteiger partial charge in [0, 0.05) is 52.7 Å². The maximum atomic E-state index is 14.1. The van der Waals surface area contributed by atoms with Gasteiger partial charge >= 0.3 is 5.91 Å². The van der Waals surface area contributed by atoms with E-state index in [2.05, 4.69) is 20.9 Å². The Labute approximate surface area is 305 Å². The van der Waals surface area contributed by atoms with Crippen LogP contribution in [0.25, 0.3) is 11.0 Å². The van der Waals surface area contributed by atoms with E-state index in [0.717, 1.165) is 47.3 Å². The summed E-state index contributed by atoms with van der Waals surface area (Å²) in [6.45, 7) is 7.27. The number of aromatic nitrogens is 6. The van der Waals surface area contributed by atoms with Crippen LogP contribution in [0, 0.1) is 13.8 Å².